The van der Waals surface area contributed by atoms with E-state index in [0.717, 1.165) is 6.42 Å². The molecule has 1 unspecified atom stereocenters. The number of nitrogens with zero attached hydrogens (tertiary/aromatic N) is 3. The zero-order valence-electron chi connectivity index (χ0n) is 10.9. The summed E-state index contributed by atoms with van der Waals surface area (Å²) in [6.45, 7) is 12.3. The molecule has 5 heteroatoms. The number of hydrogen-bond donors (Lipinski definition) is 1. The van der Waals surface area contributed by atoms with E-state index in [-0.39, 0.29) is 6.42 Å². The maximum atomic E-state index is 9.76. The first-order valence-electron chi connectivity index (χ1n) is 5.85. The van der Waals surface area contributed by atoms with Crippen molar-refractivity contribution in [3.05, 3.63) is 28.9 Å². The molecule has 1 atom stereocenters. The first-order chi connectivity index (χ1) is 8.37. The highest BCUT2D eigenvalue weighted by Crippen LogP contribution is 2.26. The minimum absolute atomic E-state index is 0.223. The summed E-state index contributed by atoms with van der Waals surface area (Å²) in [5, 5.41) is 22.7. The first-order valence-corrected chi connectivity index (χ1v) is 5.85. The number of aliphatic hydroxyl groups is 1. The van der Waals surface area contributed by atoms with E-state index in [2.05, 4.69) is 16.1 Å². The summed E-state index contributed by atoms with van der Waals surface area (Å²) in [7, 11) is 0. The van der Waals surface area contributed by atoms with Gasteiger partial charge in [0.2, 0.25) is 0 Å². The molecule has 1 aromatic heterocycles. The Morgan fingerprint density at radius 3 is 2.67 bits per heavy atom. The van der Waals surface area contributed by atoms with Crippen LogP contribution in [-0.4, -0.2) is 15.8 Å². The minimum atomic E-state index is -1.11. The normalized spacial score (nSPS) is 14.6. The van der Waals surface area contributed by atoms with Crippen LogP contribution in [0.2, 0.25) is 0 Å². The lowest BCUT2D eigenvalue weighted by atomic mass is 9.90. The van der Waals surface area contributed by atoms with Gasteiger partial charge >= 0.3 is 5.54 Å². The van der Waals surface area contributed by atoms with Crippen molar-refractivity contribution in [2.45, 2.75) is 51.2 Å². The summed E-state index contributed by atoms with van der Waals surface area (Å²) in [5.41, 5.74) is -1.66. The van der Waals surface area contributed by atoms with Gasteiger partial charge in [-0.1, -0.05) is 12.1 Å². The second-order valence-electron chi connectivity index (χ2n) is 4.92. The van der Waals surface area contributed by atoms with Crippen LogP contribution in [0.5, 0.6) is 0 Å². The van der Waals surface area contributed by atoms with Crippen LogP contribution in [0.1, 0.15) is 45.1 Å². The van der Waals surface area contributed by atoms with E-state index >= 15 is 0 Å². The van der Waals surface area contributed by atoms with E-state index in [9.17, 15) is 5.11 Å². The number of hydrogen-bond acceptors (Lipinski definition) is 4. The molecule has 0 spiro atoms. The van der Waals surface area contributed by atoms with Gasteiger partial charge in [0.25, 0.3) is 0 Å². The standard InChI is InChI=1S/C13H17N3O2/c1-5-6-13(9-14,15-4)8-10-7-11(18-16-10)12(2,3)17/h7,17H,5-6,8H2,1-3H3. The van der Waals surface area contributed by atoms with E-state index in [1.165, 1.54) is 0 Å². The van der Waals surface area contributed by atoms with Gasteiger partial charge in [0, 0.05) is 12.5 Å². The molecule has 0 aliphatic heterocycles. The van der Waals surface area contributed by atoms with Gasteiger partial charge in [-0.25, -0.2) is 6.57 Å². The summed E-state index contributed by atoms with van der Waals surface area (Å²) in [5.74, 6) is 0.339. The highest BCUT2D eigenvalue weighted by atomic mass is 16.5. The lowest BCUT2D eigenvalue weighted by Gasteiger charge is -2.12. The Labute approximate surface area is 107 Å². The van der Waals surface area contributed by atoms with E-state index in [1.807, 2.05) is 6.92 Å². The fourth-order valence-electron chi connectivity index (χ4n) is 1.70. The molecule has 0 aromatic carbocycles. The van der Waals surface area contributed by atoms with Crippen LogP contribution in [0.25, 0.3) is 4.85 Å². The van der Waals surface area contributed by atoms with Crippen LogP contribution in [-0.2, 0) is 12.0 Å². The highest BCUT2D eigenvalue weighted by Gasteiger charge is 2.37. The van der Waals surface area contributed by atoms with E-state index in [1.54, 1.807) is 19.9 Å². The van der Waals surface area contributed by atoms with Crippen LogP contribution in [0.3, 0.4) is 0 Å². The van der Waals surface area contributed by atoms with E-state index in [4.69, 9.17) is 16.4 Å². The average Bonchev–Trinajstić information content (AvgIpc) is 2.76. The summed E-state index contributed by atoms with van der Waals surface area (Å²) < 4.78 is 5.03. The molecule has 5 nitrogen and oxygen atoms in total. The molecule has 0 amide bonds. The van der Waals surface area contributed by atoms with Crippen LogP contribution in [0.4, 0.5) is 0 Å². The van der Waals surface area contributed by atoms with Gasteiger partial charge in [0.1, 0.15) is 5.60 Å². The fraction of sp³-hybridized carbons (Fsp3) is 0.615. The molecule has 18 heavy (non-hydrogen) atoms. The summed E-state index contributed by atoms with van der Waals surface area (Å²) in [6.07, 6.45) is 1.48. The van der Waals surface area contributed by atoms with Crippen LogP contribution < -0.4 is 0 Å². The smallest absolute Gasteiger partial charge is 0.321 e. The molecule has 96 valence electrons. The monoisotopic (exact) mass is 247 g/mol. The molecule has 1 heterocycles. The molecule has 1 aromatic rings. The molecule has 1 rings (SSSR count). The van der Waals surface area contributed by atoms with Gasteiger partial charge in [-0.2, -0.15) is 5.26 Å². The minimum Gasteiger partial charge on any atom is -0.382 e. The van der Waals surface area contributed by atoms with E-state index < -0.39 is 11.1 Å². The van der Waals surface area contributed by atoms with Crippen molar-refractivity contribution in [3.8, 4) is 6.07 Å². The van der Waals surface area contributed by atoms with Gasteiger partial charge in [0.15, 0.2) is 11.8 Å². The lowest BCUT2D eigenvalue weighted by Crippen LogP contribution is -2.25. The predicted octanol–water partition coefficient (Wildman–Crippen LogP) is 2.43. The molecule has 0 aliphatic carbocycles. The van der Waals surface area contributed by atoms with Gasteiger partial charge in [-0.15, -0.1) is 0 Å². The average molecular weight is 247 g/mol. The molecule has 0 radical (unpaired) electrons. The largest absolute Gasteiger partial charge is 0.382 e. The molecule has 0 aliphatic rings. The first kappa shape index (κ1) is 14.2. The van der Waals surface area contributed by atoms with Crippen molar-refractivity contribution >= 4 is 0 Å². The van der Waals surface area contributed by atoms with Crippen molar-refractivity contribution in [3.63, 3.8) is 0 Å². The Morgan fingerprint density at radius 2 is 2.28 bits per heavy atom. The quantitative estimate of drug-likeness (QED) is 0.811. The predicted molar refractivity (Wildman–Crippen MR) is 65.3 cm³/mol. The van der Waals surface area contributed by atoms with Crippen molar-refractivity contribution in [1.82, 2.24) is 5.16 Å². The zero-order chi connectivity index (χ0) is 13.8. The summed E-state index contributed by atoms with van der Waals surface area (Å²) >= 11 is 0. The molecular formula is C13H17N3O2. The molecule has 0 saturated carbocycles. The number of aromatic nitrogens is 1. The van der Waals surface area contributed by atoms with Gasteiger partial charge in [-0.3, -0.25) is 4.85 Å². The molecule has 0 fully saturated rings. The third-order valence-electron chi connectivity index (χ3n) is 2.72. The topological polar surface area (TPSA) is 74.4 Å². The maximum absolute atomic E-state index is 9.76. The highest BCUT2D eigenvalue weighted by molar-refractivity contribution is 5.23. The van der Waals surface area contributed by atoms with Crippen molar-refractivity contribution < 1.29 is 9.63 Å². The fourth-order valence-corrected chi connectivity index (χ4v) is 1.70. The SMILES string of the molecule is [C-]#[N+]C(C#N)(CCC)Cc1cc(C(C)(C)O)on1. The third kappa shape index (κ3) is 3.09. The Balaban J connectivity index is 2.94. The number of rotatable bonds is 5. The Morgan fingerprint density at radius 1 is 1.61 bits per heavy atom. The van der Waals surface area contributed by atoms with Gasteiger partial charge < -0.3 is 9.63 Å². The summed E-state index contributed by atoms with van der Waals surface area (Å²) in [4.78, 5) is 3.44. The second-order valence-corrected chi connectivity index (χ2v) is 4.92. The Hall–Kier alpha value is -1.85. The van der Waals surface area contributed by atoms with Crippen molar-refractivity contribution in [1.29, 1.82) is 5.26 Å². The van der Waals surface area contributed by atoms with Crippen LogP contribution in [0.15, 0.2) is 10.6 Å². The second kappa shape index (κ2) is 5.20. The molecular weight excluding hydrogens is 230 g/mol. The lowest BCUT2D eigenvalue weighted by molar-refractivity contribution is 0.0475. The maximum Gasteiger partial charge on any atom is 0.321 e. The molecule has 0 bridgehead atoms. The van der Waals surface area contributed by atoms with Gasteiger partial charge in [0.05, 0.1) is 12.1 Å². The number of nitriles is 1. The Kier molecular flexibility index (Phi) is 4.11. The van der Waals surface area contributed by atoms with Crippen molar-refractivity contribution in [2.24, 2.45) is 0 Å². The van der Waals surface area contributed by atoms with Crippen LogP contribution in [0, 0.1) is 17.9 Å². The summed E-state index contributed by atoms with van der Waals surface area (Å²) in [6, 6.07) is 3.67. The molecule has 0 saturated heterocycles. The Bertz CT molecular complexity index is 472. The van der Waals surface area contributed by atoms with E-state index in [0.29, 0.717) is 17.9 Å². The molecule has 1 N–H and O–H groups in total. The van der Waals surface area contributed by atoms with Crippen LogP contribution >= 0.6 is 0 Å². The third-order valence-corrected chi connectivity index (χ3v) is 2.72. The van der Waals surface area contributed by atoms with Crippen molar-refractivity contribution in [2.75, 3.05) is 0 Å². The van der Waals surface area contributed by atoms with Gasteiger partial charge in [-0.05, 0) is 20.3 Å². The zero-order valence-corrected chi connectivity index (χ0v) is 10.9.